The third-order valence-corrected chi connectivity index (χ3v) is 6.22. The van der Waals surface area contributed by atoms with Gasteiger partial charge in [0.1, 0.15) is 6.61 Å². The maximum absolute atomic E-state index is 13.4. The lowest BCUT2D eigenvalue weighted by Crippen LogP contribution is -2.41. The van der Waals surface area contributed by atoms with E-state index >= 15 is 0 Å². The van der Waals surface area contributed by atoms with Gasteiger partial charge in [0.15, 0.2) is 16.7 Å². The Hall–Kier alpha value is -2.30. The van der Waals surface area contributed by atoms with Crippen LogP contribution in [0.3, 0.4) is 0 Å². The van der Waals surface area contributed by atoms with Crippen LogP contribution in [0.5, 0.6) is 5.06 Å². The number of ether oxygens (including phenoxy) is 1. The van der Waals surface area contributed by atoms with Crippen LogP contribution in [0.1, 0.15) is 15.2 Å². The zero-order chi connectivity index (χ0) is 20.5. The summed E-state index contributed by atoms with van der Waals surface area (Å²) in [6, 6.07) is 5.00. The van der Waals surface area contributed by atoms with Crippen molar-refractivity contribution < 1.29 is 18.3 Å². The van der Waals surface area contributed by atoms with E-state index in [-0.39, 0.29) is 12.5 Å². The van der Waals surface area contributed by atoms with Crippen LogP contribution in [-0.2, 0) is 13.0 Å². The van der Waals surface area contributed by atoms with Crippen LogP contribution < -0.4 is 15.8 Å². The number of benzene rings is 1. The molecule has 0 spiro atoms. The number of amides is 1. The quantitative estimate of drug-likeness (QED) is 0.584. The lowest BCUT2D eigenvalue weighted by atomic mass is 10.1. The fourth-order valence-corrected chi connectivity index (χ4v) is 4.63. The van der Waals surface area contributed by atoms with Crippen LogP contribution in [0, 0.1) is 11.6 Å². The Morgan fingerprint density at radius 3 is 2.97 bits per heavy atom. The molecule has 3 heterocycles. The highest BCUT2D eigenvalue weighted by Gasteiger charge is 2.25. The standard InChI is InChI=1S/C19H17BrF2N4O2S/c20-13-9-24-26-3-4-28-19-12(17(13)26)7-16(29-19)18(27)25-11(8-23)5-10-1-2-14(21)15(22)6-10/h1-2,6-7,9,11H,3-5,8,23H2,(H,25,27)/t11-/m0/s1. The van der Waals surface area contributed by atoms with Gasteiger partial charge in [-0.1, -0.05) is 17.4 Å². The first kappa shape index (κ1) is 20.0. The summed E-state index contributed by atoms with van der Waals surface area (Å²) in [6.45, 7) is 1.23. The third-order valence-electron chi connectivity index (χ3n) is 4.59. The molecule has 1 aliphatic heterocycles. The first-order valence-electron chi connectivity index (χ1n) is 8.89. The van der Waals surface area contributed by atoms with Gasteiger partial charge in [0.25, 0.3) is 5.91 Å². The number of hydrogen-bond acceptors (Lipinski definition) is 5. The first-order valence-corrected chi connectivity index (χ1v) is 10.5. The Morgan fingerprint density at radius 1 is 1.38 bits per heavy atom. The van der Waals surface area contributed by atoms with Crippen LogP contribution in [0.15, 0.2) is 34.9 Å². The predicted molar refractivity (Wildman–Crippen MR) is 109 cm³/mol. The van der Waals surface area contributed by atoms with Gasteiger partial charge < -0.3 is 15.8 Å². The maximum Gasteiger partial charge on any atom is 0.261 e. The molecule has 1 amide bonds. The SMILES string of the molecule is NC[C@H](Cc1ccc(F)c(F)c1)NC(=O)c1cc2c(s1)OCCn1ncc(Br)c1-2. The van der Waals surface area contributed by atoms with Crippen molar-refractivity contribution in [2.75, 3.05) is 13.2 Å². The molecule has 0 saturated heterocycles. The summed E-state index contributed by atoms with van der Waals surface area (Å²) < 4.78 is 35.0. The van der Waals surface area contributed by atoms with Gasteiger partial charge >= 0.3 is 0 Å². The number of halogens is 3. The number of thiophene rings is 1. The zero-order valence-electron chi connectivity index (χ0n) is 15.1. The van der Waals surface area contributed by atoms with Gasteiger partial charge in [-0.3, -0.25) is 9.48 Å². The van der Waals surface area contributed by atoms with Gasteiger partial charge in [-0.05, 0) is 46.1 Å². The highest BCUT2D eigenvalue weighted by atomic mass is 79.9. The van der Waals surface area contributed by atoms with Crippen molar-refractivity contribution in [2.45, 2.75) is 19.0 Å². The number of nitrogens with one attached hydrogen (secondary N) is 1. The lowest BCUT2D eigenvalue weighted by Gasteiger charge is -2.16. The summed E-state index contributed by atoms with van der Waals surface area (Å²) >= 11 is 4.74. The fourth-order valence-electron chi connectivity index (χ4n) is 3.18. The lowest BCUT2D eigenvalue weighted by molar-refractivity contribution is 0.0942. The molecular formula is C19H17BrF2N4O2S. The van der Waals surface area contributed by atoms with E-state index in [1.54, 1.807) is 12.3 Å². The Bertz CT molecular complexity index is 1070. The van der Waals surface area contributed by atoms with Crippen molar-refractivity contribution in [1.82, 2.24) is 15.1 Å². The second-order valence-corrected chi connectivity index (χ2v) is 8.45. The second-order valence-electron chi connectivity index (χ2n) is 6.58. The second kappa shape index (κ2) is 8.21. The minimum atomic E-state index is -0.925. The van der Waals surface area contributed by atoms with E-state index in [1.807, 2.05) is 4.68 Å². The third kappa shape index (κ3) is 4.05. The molecule has 1 aliphatic rings. The van der Waals surface area contributed by atoms with E-state index < -0.39 is 17.7 Å². The average Bonchev–Trinajstić information content (AvgIpc) is 3.23. The molecule has 0 fully saturated rings. The number of rotatable bonds is 5. The summed E-state index contributed by atoms with van der Waals surface area (Å²) in [5.41, 5.74) is 8.00. The zero-order valence-corrected chi connectivity index (χ0v) is 17.5. The number of carbonyl (C=O) groups excluding carboxylic acids is 1. The molecule has 1 aromatic carbocycles. The van der Waals surface area contributed by atoms with Crippen molar-refractivity contribution in [2.24, 2.45) is 5.73 Å². The monoisotopic (exact) mass is 482 g/mol. The van der Waals surface area contributed by atoms with Crippen molar-refractivity contribution >= 4 is 33.2 Å². The molecule has 0 aliphatic carbocycles. The molecule has 10 heteroatoms. The molecule has 4 rings (SSSR count). The van der Waals surface area contributed by atoms with E-state index in [0.29, 0.717) is 35.1 Å². The number of hydrogen-bond donors (Lipinski definition) is 2. The number of fused-ring (bicyclic) bond motifs is 3. The predicted octanol–water partition coefficient (Wildman–Crippen LogP) is 3.34. The Labute approximate surface area is 177 Å². The van der Waals surface area contributed by atoms with Gasteiger partial charge in [0.2, 0.25) is 0 Å². The Kier molecular flexibility index (Phi) is 5.66. The minimum absolute atomic E-state index is 0.157. The smallest absolute Gasteiger partial charge is 0.261 e. The van der Waals surface area contributed by atoms with E-state index in [4.69, 9.17) is 10.5 Å². The van der Waals surface area contributed by atoms with E-state index in [9.17, 15) is 13.6 Å². The molecule has 152 valence electrons. The Balaban J connectivity index is 1.53. The van der Waals surface area contributed by atoms with Crippen molar-refractivity contribution in [1.29, 1.82) is 0 Å². The number of nitrogens with zero attached hydrogens (tertiary/aromatic N) is 2. The molecule has 6 nitrogen and oxygen atoms in total. The van der Waals surface area contributed by atoms with Crippen LogP contribution >= 0.6 is 27.3 Å². The number of carbonyl (C=O) groups is 1. The van der Waals surface area contributed by atoms with E-state index in [1.165, 1.54) is 17.4 Å². The van der Waals surface area contributed by atoms with Crippen molar-refractivity contribution in [3.63, 3.8) is 0 Å². The molecule has 3 aromatic rings. The topological polar surface area (TPSA) is 82.2 Å². The maximum atomic E-state index is 13.4. The normalized spacial score (nSPS) is 13.8. The van der Waals surface area contributed by atoms with Crippen LogP contribution in [0.25, 0.3) is 11.3 Å². The molecule has 3 N–H and O–H groups in total. The number of nitrogens with two attached hydrogens (primary N) is 1. The van der Waals surface area contributed by atoms with Crippen molar-refractivity contribution in [3.05, 3.63) is 57.0 Å². The molecule has 0 saturated carbocycles. The average molecular weight is 483 g/mol. The summed E-state index contributed by atoms with van der Waals surface area (Å²) in [4.78, 5) is 13.3. The highest BCUT2D eigenvalue weighted by Crippen LogP contribution is 2.42. The Morgan fingerprint density at radius 2 is 2.21 bits per heavy atom. The molecule has 29 heavy (non-hydrogen) atoms. The van der Waals surface area contributed by atoms with Crippen LogP contribution in [0.2, 0.25) is 0 Å². The summed E-state index contributed by atoms with van der Waals surface area (Å²) in [7, 11) is 0. The van der Waals surface area contributed by atoms with Crippen molar-refractivity contribution in [3.8, 4) is 16.3 Å². The van der Waals surface area contributed by atoms with Gasteiger partial charge in [-0.25, -0.2) is 8.78 Å². The molecule has 0 unspecified atom stereocenters. The van der Waals surface area contributed by atoms with Gasteiger partial charge in [-0.2, -0.15) is 5.10 Å². The number of aromatic nitrogens is 2. The molecule has 0 radical (unpaired) electrons. The van der Waals surface area contributed by atoms with Crippen LogP contribution in [-0.4, -0.2) is 34.9 Å². The molecule has 2 aromatic heterocycles. The summed E-state index contributed by atoms with van der Waals surface area (Å²) in [6.07, 6.45) is 2.01. The summed E-state index contributed by atoms with van der Waals surface area (Å²) in [5, 5.41) is 7.83. The summed E-state index contributed by atoms with van der Waals surface area (Å²) in [5.74, 6) is -2.13. The van der Waals surface area contributed by atoms with E-state index in [2.05, 4.69) is 26.3 Å². The molecular weight excluding hydrogens is 466 g/mol. The van der Waals surface area contributed by atoms with Gasteiger partial charge in [-0.15, -0.1) is 0 Å². The van der Waals surface area contributed by atoms with Gasteiger partial charge in [0, 0.05) is 12.6 Å². The molecule has 0 bridgehead atoms. The first-order chi connectivity index (χ1) is 14.0. The fraction of sp³-hybridized carbons (Fsp3) is 0.263. The van der Waals surface area contributed by atoms with E-state index in [0.717, 1.165) is 27.9 Å². The van der Waals surface area contributed by atoms with Gasteiger partial charge in [0.05, 0.1) is 33.3 Å². The molecule has 1 atom stereocenters. The minimum Gasteiger partial charge on any atom is -0.481 e. The highest BCUT2D eigenvalue weighted by molar-refractivity contribution is 9.10. The van der Waals surface area contributed by atoms with Crippen LogP contribution in [0.4, 0.5) is 8.78 Å². The largest absolute Gasteiger partial charge is 0.481 e.